The summed E-state index contributed by atoms with van der Waals surface area (Å²) < 4.78 is 18.8. The molecular weight excluding hydrogens is 259 g/mol. The molecule has 1 aromatic rings. The smallest absolute Gasteiger partial charge is 0.258 e. The van der Waals surface area contributed by atoms with Crippen molar-refractivity contribution in [2.24, 2.45) is 5.73 Å². The zero-order chi connectivity index (χ0) is 15.1. The molecule has 0 radical (unpaired) electrons. The van der Waals surface area contributed by atoms with Gasteiger partial charge >= 0.3 is 0 Å². The molecule has 1 amide bonds. The van der Waals surface area contributed by atoms with E-state index in [1.165, 1.54) is 12.1 Å². The highest BCUT2D eigenvalue weighted by atomic mass is 19.1. The van der Waals surface area contributed by atoms with Crippen molar-refractivity contribution >= 4 is 5.91 Å². The molecule has 0 aliphatic rings. The van der Waals surface area contributed by atoms with Gasteiger partial charge in [-0.25, -0.2) is 4.39 Å². The van der Waals surface area contributed by atoms with E-state index >= 15 is 0 Å². The van der Waals surface area contributed by atoms with Gasteiger partial charge in [-0.1, -0.05) is 6.92 Å². The minimum absolute atomic E-state index is 0.0571. The van der Waals surface area contributed by atoms with Gasteiger partial charge in [0.25, 0.3) is 5.91 Å². The van der Waals surface area contributed by atoms with Crippen LogP contribution in [0, 0.1) is 5.82 Å². The average molecular weight is 282 g/mol. The minimum Gasteiger partial charge on any atom is -0.484 e. The van der Waals surface area contributed by atoms with Gasteiger partial charge in [0.2, 0.25) is 0 Å². The molecule has 0 aliphatic heterocycles. The maximum atomic E-state index is 13.4. The Morgan fingerprint density at radius 3 is 2.70 bits per heavy atom. The van der Waals surface area contributed by atoms with Gasteiger partial charge < -0.3 is 15.8 Å². The second-order valence-corrected chi connectivity index (χ2v) is 5.14. The highest BCUT2D eigenvalue weighted by Gasteiger charge is 2.08. The number of carbonyl (C=O) groups is 1. The Morgan fingerprint density at radius 1 is 1.40 bits per heavy atom. The lowest BCUT2D eigenvalue weighted by Crippen LogP contribution is -2.35. The maximum Gasteiger partial charge on any atom is 0.258 e. The van der Waals surface area contributed by atoms with Gasteiger partial charge in [-0.2, -0.15) is 0 Å². The second kappa shape index (κ2) is 7.85. The van der Waals surface area contributed by atoms with Gasteiger partial charge in [-0.3, -0.25) is 4.79 Å². The summed E-state index contributed by atoms with van der Waals surface area (Å²) in [6.45, 7) is 5.63. The van der Waals surface area contributed by atoms with Crippen molar-refractivity contribution in [3.05, 3.63) is 29.6 Å². The monoisotopic (exact) mass is 282 g/mol. The number of benzene rings is 1. The normalized spacial score (nSPS) is 13.7. The molecule has 0 aromatic heterocycles. The lowest BCUT2D eigenvalue weighted by Gasteiger charge is -2.13. The predicted molar refractivity (Wildman–Crippen MR) is 77.1 cm³/mol. The van der Waals surface area contributed by atoms with Crippen molar-refractivity contribution in [1.82, 2.24) is 5.32 Å². The Kier molecular flexibility index (Phi) is 6.45. The van der Waals surface area contributed by atoms with Crippen LogP contribution in [0.5, 0.6) is 5.75 Å². The highest BCUT2D eigenvalue weighted by molar-refractivity contribution is 5.77. The van der Waals surface area contributed by atoms with Gasteiger partial charge in [0.1, 0.15) is 11.6 Å². The van der Waals surface area contributed by atoms with Gasteiger partial charge in [-0.15, -0.1) is 0 Å². The Labute approximate surface area is 119 Å². The summed E-state index contributed by atoms with van der Waals surface area (Å²) in [6.07, 6.45) is 1.41. The van der Waals surface area contributed by atoms with Crippen LogP contribution in [0.15, 0.2) is 18.2 Å². The van der Waals surface area contributed by atoms with Gasteiger partial charge in [-0.05, 0) is 44.4 Å². The fourth-order valence-electron chi connectivity index (χ4n) is 1.76. The molecule has 3 N–H and O–H groups in total. The summed E-state index contributed by atoms with van der Waals surface area (Å²) >= 11 is 0. The molecule has 1 rings (SSSR count). The van der Waals surface area contributed by atoms with Crippen LogP contribution in [0.25, 0.3) is 0 Å². The van der Waals surface area contributed by atoms with Crippen LogP contribution in [0.1, 0.15) is 32.8 Å². The fraction of sp³-hybridized carbons (Fsp3) is 0.533. The summed E-state index contributed by atoms with van der Waals surface area (Å²) in [5.74, 6) is -0.252. The number of hydrogen-bond donors (Lipinski definition) is 2. The molecule has 0 fully saturated rings. The lowest BCUT2D eigenvalue weighted by molar-refractivity contribution is -0.123. The number of ether oxygens (including phenoxy) is 1. The van der Waals surface area contributed by atoms with Crippen molar-refractivity contribution < 1.29 is 13.9 Å². The number of carbonyl (C=O) groups excluding carboxylic acids is 1. The topological polar surface area (TPSA) is 64.3 Å². The van der Waals surface area contributed by atoms with Crippen LogP contribution in [0.2, 0.25) is 0 Å². The van der Waals surface area contributed by atoms with E-state index in [0.29, 0.717) is 12.2 Å². The Morgan fingerprint density at radius 2 is 2.10 bits per heavy atom. The molecule has 1 aromatic carbocycles. The Hall–Kier alpha value is -1.62. The minimum atomic E-state index is -0.388. The van der Waals surface area contributed by atoms with E-state index in [1.807, 2.05) is 20.8 Å². The van der Waals surface area contributed by atoms with Crippen LogP contribution in [0.4, 0.5) is 4.39 Å². The molecule has 0 spiro atoms. The van der Waals surface area contributed by atoms with E-state index in [0.717, 1.165) is 12.0 Å². The average Bonchev–Trinajstić information content (AvgIpc) is 2.34. The Balaban J connectivity index is 2.59. The molecule has 2 unspecified atom stereocenters. The quantitative estimate of drug-likeness (QED) is 0.804. The fourth-order valence-corrected chi connectivity index (χ4v) is 1.76. The molecule has 2 atom stereocenters. The largest absolute Gasteiger partial charge is 0.484 e. The predicted octanol–water partition coefficient (Wildman–Crippen LogP) is 2.01. The van der Waals surface area contributed by atoms with E-state index in [4.69, 9.17) is 10.5 Å². The third-order valence-electron chi connectivity index (χ3n) is 2.88. The zero-order valence-electron chi connectivity index (χ0n) is 12.3. The highest BCUT2D eigenvalue weighted by Crippen LogP contribution is 2.17. The maximum absolute atomic E-state index is 13.4. The third-order valence-corrected chi connectivity index (χ3v) is 2.88. The number of hydrogen-bond acceptors (Lipinski definition) is 3. The number of amides is 1. The molecule has 0 heterocycles. The third kappa shape index (κ3) is 6.02. The van der Waals surface area contributed by atoms with Crippen molar-refractivity contribution in [3.63, 3.8) is 0 Å². The van der Waals surface area contributed by atoms with Crippen molar-refractivity contribution in [2.45, 2.75) is 45.7 Å². The van der Waals surface area contributed by atoms with E-state index in [1.54, 1.807) is 6.07 Å². The summed E-state index contributed by atoms with van der Waals surface area (Å²) in [7, 11) is 0. The molecule has 0 saturated heterocycles. The summed E-state index contributed by atoms with van der Waals surface area (Å²) in [5.41, 5.74) is 6.45. The van der Waals surface area contributed by atoms with E-state index in [2.05, 4.69) is 5.32 Å². The van der Waals surface area contributed by atoms with Crippen molar-refractivity contribution in [3.8, 4) is 5.75 Å². The molecular formula is C15H23FN2O2. The summed E-state index contributed by atoms with van der Waals surface area (Å²) in [4.78, 5) is 11.6. The number of nitrogens with one attached hydrogen (secondary N) is 1. The zero-order valence-corrected chi connectivity index (χ0v) is 12.3. The van der Waals surface area contributed by atoms with Crippen LogP contribution >= 0.6 is 0 Å². The van der Waals surface area contributed by atoms with Crippen molar-refractivity contribution in [2.75, 3.05) is 6.61 Å². The van der Waals surface area contributed by atoms with Gasteiger partial charge in [0, 0.05) is 18.2 Å². The summed E-state index contributed by atoms with van der Waals surface area (Å²) in [6, 6.07) is 4.45. The standard InChI is InChI=1S/C15H23FN2O2/c1-4-11(3)18-15(19)9-20-14-7-12(5-10(2)17)6-13(16)8-14/h6-8,10-11H,4-5,9,17H2,1-3H3,(H,18,19). The van der Waals surface area contributed by atoms with E-state index in [9.17, 15) is 9.18 Å². The number of nitrogens with two attached hydrogens (primary N) is 1. The number of halogens is 1. The van der Waals surface area contributed by atoms with Gasteiger partial charge in [0.15, 0.2) is 6.61 Å². The lowest BCUT2D eigenvalue weighted by atomic mass is 10.1. The Bertz CT molecular complexity index is 449. The molecule has 0 aliphatic carbocycles. The van der Waals surface area contributed by atoms with E-state index in [-0.39, 0.29) is 30.4 Å². The first-order valence-electron chi connectivity index (χ1n) is 6.88. The molecule has 5 heteroatoms. The molecule has 0 bridgehead atoms. The van der Waals surface area contributed by atoms with Crippen molar-refractivity contribution in [1.29, 1.82) is 0 Å². The van der Waals surface area contributed by atoms with Crippen LogP contribution in [0.3, 0.4) is 0 Å². The molecule has 20 heavy (non-hydrogen) atoms. The first kappa shape index (κ1) is 16.4. The first-order valence-corrected chi connectivity index (χ1v) is 6.88. The SMILES string of the molecule is CCC(C)NC(=O)COc1cc(F)cc(CC(C)N)c1. The first-order chi connectivity index (χ1) is 9.40. The second-order valence-electron chi connectivity index (χ2n) is 5.14. The molecule has 112 valence electrons. The van der Waals surface area contributed by atoms with Crippen LogP contribution in [-0.4, -0.2) is 24.6 Å². The van der Waals surface area contributed by atoms with Gasteiger partial charge in [0.05, 0.1) is 0 Å². The van der Waals surface area contributed by atoms with E-state index < -0.39 is 0 Å². The molecule has 4 nitrogen and oxygen atoms in total. The summed E-state index contributed by atoms with van der Waals surface area (Å²) in [5, 5.41) is 2.78. The van der Waals surface area contributed by atoms with Crippen LogP contribution in [-0.2, 0) is 11.2 Å². The van der Waals surface area contributed by atoms with Crippen LogP contribution < -0.4 is 15.8 Å². The molecule has 0 saturated carbocycles. The number of rotatable bonds is 7.